The van der Waals surface area contributed by atoms with Gasteiger partial charge in [-0.2, -0.15) is 0 Å². The standard InChI is InChI=1S/C49H29N3/c1-4-14-44-35(7-1)28-37(29-50-44)30-15-17-31(18-16-30)45-25-21-32-19-20-33-22-26-46(52-49(33)48(32)51-45)36-9-5-8-34(27-36)38-23-24-43-40-11-3-2-10-39(40)42-13-6-12-41(38)47(42)43/h1-29H. The van der Waals surface area contributed by atoms with E-state index in [1.807, 2.05) is 18.3 Å². The van der Waals surface area contributed by atoms with Crippen LogP contribution in [0, 0.1) is 0 Å². The Hall–Kier alpha value is -6.97. The first kappa shape index (κ1) is 28.8. The minimum Gasteiger partial charge on any atom is -0.256 e. The Labute approximate surface area is 300 Å². The molecule has 10 aromatic rings. The maximum Gasteiger partial charge on any atom is 0.0972 e. The van der Waals surface area contributed by atoms with E-state index in [2.05, 4.69) is 163 Å². The molecule has 7 aromatic carbocycles. The summed E-state index contributed by atoms with van der Waals surface area (Å²) in [4.78, 5) is 15.2. The molecule has 240 valence electrons. The minimum absolute atomic E-state index is 0.905. The van der Waals surface area contributed by atoms with Crippen molar-refractivity contribution in [3.05, 3.63) is 176 Å². The normalized spacial score (nSPS) is 11.8. The van der Waals surface area contributed by atoms with Gasteiger partial charge in [-0.05, 0) is 80.0 Å². The molecule has 1 aliphatic rings. The number of pyridine rings is 3. The summed E-state index contributed by atoms with van der Waals surface area (Å²) in [6.07, 6.45) is 1.95. The Morgan fingerprint density at radius 1 is 0.327 bits per heavy atom. The van der Waals surface area contributed by atoms with Crippen LogP contribution < -0.4 is 0 Å². The zero-order chi connectivity index (χ0) is 34.2. The van der Waals surface area contributed by atoms with Gasteiger partial charge in [0.15, 0.2) is 0 Å². The lowest BCUT2D eigenvalue weighted by atomic mass is 9.93. The Bertz CT molecular complexity index is 3040. The molecule has 11 rings (SSSR count). The molecular formula is C49H29N3. The summed E-state index contributed by atoms with van der Waals surface area (Å²) in [5.41, 5.74) is 16.7. The number of benzene rings is 7. The van der Waals surface area contributed by atoms with Gasteiger partial charge in [-0.3, -0.25) is 4.98 Å². The monoisotopic (exact) mass is 659 g/mol. The highest BCUT2D eigenvalue weighted by Gasteiger charge is 2.22. The largest absolute Gasteiger partial charge is 0.256 e. The van der Waals surface area contributed by atoms with Crippen LogP contribution in [-0.4, -0.2) is 15.0 Å². The Balaban J connectivity index is 0.971. The molecule has 1 aliphatic carbocycles. The van der Waals surface area contributed by atoms with Crippen molar-refractivity contribution in [3.63, 3.8) is 0 Å². The van der Waals surface area contributed by atoms with Crippen molar-refractivity contribution >= 4 is 43.5 Å². The molecule has 3 nitrogen and oxygen atoms in total. The maximum absolute atomic E-state index is 5.28. The summed E-state index contributed by atoms with van der Waals surface area (Å²) in [6.45, 7) is 0. The van der Waals surface area contributed by atoms with Crippen molar-refractivity contribution in [2.45, 2.75) is 0 Å². The van der Waals surface area contributed by atoms with Gasteiger partial charge in [-0.15, -0.1) is 0 Å². The average molecular weight is 660 g/mol. The van der Waals surface area contributed by atoms with Gasteiger partial charge in [0.1, 0.15) is 0 Å². The van der Waals surface area contributed by atoms with Gasteiger partial charge in [0.05, 0.1) is 27.9 Å². The topological polar surface area (TPSA) is 38.7 Å². The summed E-state index contributed by atoms with van der Waals surface area (Å²) < 4.78 is 0. The molecule has 0 aliphatic heterocycles. The van der Waals surface area contributed by atoms with Gasteiger partial charge < -0.3 is 0 Å². The Kier molecular flexibility index (Phi) is 6.25. The van der Waals surface area contributed by atoms with Crippen LogP contribution >= 0.6 is 0 Å². The Morgan fingerprint density at radius 3 is 1.71 bits per heavy atom. The number of hydrogen-bond donors (Lipinski definition) is 0. The lowest BCUT2D eigenvalue weighted by Crippen LogP contribution is -1.91. The molecule has 3 heterocycles. The van der Waals surface area contributed by atoms with Crippen LogP contribution in [0.25, 0.3) is 111 Å². The van der Waals surface area contributed by atoms with Crippen LogP contribution in [0.4, 0.5) is 0 Å². The van der Waals surface area contributed by atoms with E-state index in [0.717, 1.165) is 66.4 Å². The van der Waals surface area contributed by atoms with Gasteiger partial charge in [0.2, 0.25) is 0 Å². The van der Waals surface area contributed by atoms with Crippen molar-refractivity contribution in [1.82, 2.24) is 15.0 Å². The third-order valence-electron chi connectivity index (χ3n) is 10.6. The molecule has 3 aromatic heterocycles. The summed E-state index contributed by atoms with van der Waals surface area (Å²) in [6, 6.07) is 60.6. The molecule has 0 saturated heterocycles. The first-order chi connectivity index (χ1) is 25.7. The number of rotatable bonds is 4. The number of aromatic nitrogens is 3. The molecule has 3 heteroatoms. The Morgan fingerprint density at radius 2 is 0.923 bits per heavy atom. The van der Waals surface area contributed by atoms with Crippen LogP contribution in [-0.2, 0) is 0 Å². The van der Waals surface area contributed by atoms with E-state index in [1.54, 1.807) is 0 Å². The fraction of sp³-hybridized carbons (Fsp3) is 0. The first-order valence-electron chi connectivity index (χ1n) is 17.7. The molecule has 0 atom stereocenters. The molecule has 0 spiro atoms. The summed E-state index contributed by atoms with van der Waals surface area (Å²) in [5, 5.41) is 5.90. The molecule has 0 N–H and O–H groups in total. The van der Waals surface area contributed by atoms with Gasteiger partial charge in [-0.1, -0.05) is 140 Å². The second-order valence-electron chi connectivity index (χ2n) is 13.6. The number of para-hydroxylation sites is 1. The van der Waals surface area contributed by atoms with Crippen molar-refractivity contribution in [3.8, 4) is 67.0 Å². The van der Waals surface area contributed by atoms with Crippen LogP contribution in [0.5, 0.6) is 0 Å². The fourth-order valence-electron chi connectivity index (χ4n) is 8.06. The van der Waals surface area contributed by atoms with Crippen LogP contribution in [0.1, 0.15) is 0 Å². The quantitative estimate of drug-likeness (QED) is 0.177. The summed E-state index contributed by atoms with van der Waals surface area (Å²) >= 11 is 0. The molecule has 0 saturated carbocycles. The molecule has 0 amide bonds. The van der Waals surface area contributed by atoms with Crippen molar-refractivity contribution < 1.29 is 0 Å². The van der Waals surface area contributed by atoms with E-state index >= 15 is 0 Å². The van der Waals surface area contributed by atoms with E-state index in [9.17, 15) is 0 Å². The van der Waals surface area contributed by atoms with E-state index in [1.165, 1.54) is 44.2 Å². The minimum atomic E-state index is 0.905. The van der Waals surface area contributed by atoms with Crippen LogP contribution in [0.15, 0.2) is 176 Å². The number of hydrogen-bond acceptors (Lipinski definition) is 3. The zero-order valence-electron chi connectivity index (χ0n) is 28.1. The highest BCUT2D eigenvalue weighted by molar-refractivity contribution is 6.18. The molecule has 0 unspecified atom stereocenters. The third kappa shape index (κ3) is 4.50. The molecular weight excluding hydrogens is 631 g/mol. The molecule has 0 radical (unpaired) electrons. The van der Waals surface area contributed by atoms with E-state index in [-0.39, 0.29) is 0 Å². The molecule has 0 bridgehead atoms. The highest BCUT2D eigenvalue weighted by atomic mass is 14.8. The van der Waals surface area contributed by atoms with E-state index in [0.29, 0.717) is 0 Å². The lowest BCUT2D eigenvalue weighted by molar-refractivity contribution is 1.36. The van der Waals surface area contributed by atoms with Crippen molar-refractivity contribution in [1.29, 1.82) is 0 Å². The second kappa shape index (κ2) is 11.3. The predicted octanol–water partition coefficient (Wildman–Crippen LogP) is 12.8. The first-order valence-corrected chi connectivity index (χ1v) is 17.7. The third-order valence-corrected chi connectivity index (χ3v) is 10.6. The van der Waals surface area contributed by atoms with E-state index in [4.69, 9.17) is 9.97 Å². The van der Waals surface area contributed by atoms with Crippen LogP contribution in [0.3, 0.4) is 0 Å². The van der Waals surface area contributed by atoms with E-state index < -0.39 is 0 Å². The predicted molar refractivity (Wildman–Crippen MR) is 216 cm³/mol. The van der Waals surface area contributed by atoms with Crippen molar-refractivity contribution in [2.75, 3.05) is 0 Å². The smallest absolute Gasteiger partial charge is 0.0972 e. The summed E-state index contributed by atoms with van der Waals surface area (Å²) in [5.74, 6) is 0. The highest BCUT2D eigenvalue weighted by Crippen LogP contribution is 2.49. The molecule has 52 heavy (non-hydrogen) atoms. The SMILES string of the molecule is c1cc(-c2ccc3ccc4ccc(-c5ccc(-c6cnc7ccccc7c6)cc5)nc4c3n2)cc(-c2ccc3c4c(cccc24)-c2ccccc2-3)c1. The van der Waals surface area contributed by atoms with Crippen molar-refractivity contribution in [2.24, 2.45) is 0 Å². The number of fused-ring (bicyclic) bond motifs is 7. The fourth-order valence-corrected chi connectivity index (χ4v) is 8.06. The van der Waals surface area contributed by atoms with Gasteiger partial charge >= 0.3 is 0 Å². The van der Waals surface area contributed by atoms with Gasteiger partial charge in [0.25, 0.3) is 0 Å². The number of nitrogens with zero attached hydrogens (tertiary/aromatic N) is 3. The molecule has 0 fully saturated rings. The maximum atomic E-state index is 5.28. The van der Waals surface area contributed by atoms with Crippen LogP contribution in [0.2, 0.25) is 0 Å². The average Bonchev–Trinajstić information content (AvgIpc) is 3.55. The van der Waals surface area contributed by atoms with Gasteiger partial charge in [-0.25, -0.2) is 9.97 Å². The second-order valence-corrected chi connectivity index (χ2v) is 13.6. The van der Waals surface area contributed by atoms with Gasteiger partial charge in [0, 0.05) is 39.0 Å². The lowest BCUT2D eigenvalue weighted by Gasteiger charge is -2.12. The summed E-state index contributed by atoms with van der Waals surface area (Å²) in [7, 11) is 0. The zero-order valence-corrected chi connectivity index (χ0v) is 28.1.